The lowest BCUT2D eigenvalue weighted by Crippen LogP contribution is -2.46. The van der Waals surface area contributed by atoms with E-state index < -0.39 is 5.97 Å². The normalized spacial score (nSPS) is 16.8. The predicted molar refractivity (Wildman–Crippen MR) is 96.7 cm³/mol. The Hall–Kier alpha value is -1.79. The third-order valence-corrected chi connectivity index (χ3v) is 6.79. The summed E-state index contributed by atoms with van der Waals surface area (Å²) in [5.74, 6) is -0.748. The van der Waals surface area contributed by atoms with Crippen LogP contribution in [0.4, 0.5) is 0 Å². The number of thioether (sulfide) groups is 1. The van der Waals surface area contributed by atoms with Crippen LogP contribution in [0.15, 0.2) is 52.1 Å². The Balaban J connectivity index is 1.70. The minimum atomic E-state index is -0.776. The molecule has 0 saturated carbocycles. The SMILES string of the molecule is O=C(O)CC1(Sc2cccs2)CCN(C(=O)c2ccccc2)CC1. The smallest absolute Gasteiger partial charge is 0.304 e. The van der Waals surface area contributed by atoms with E-state index in [2.05, 4.69) is 0 Å². The van der Waals surface area contributed by atoms with Gasteiger partial charge in [0.05, 0.1) is 10.6 Å². The van der Waals surface area contributed by atoms with Crippen molar-refractivity contribution in [1.82, 2.24) is 4.90 Å². The van der Waals surface area contributed by atoms with Crippen LogP contribution in [-0.2, 0) is 4.79 Å². The summed E-state index contributed by atoms with van der Waals surface area (Å²) in [6.07, 6.45) is 1.52. The monoisotopic (exact) mass is 361 g/mol. The van der Waals surface area contributed by atoms with Gasteiger partial charge in [0.2, 0.25) is 0 Å². The standard InChI is InChI=1S/C18H19NO3S2/c20-15(21)13-18(24-16-7-4-12-23-16)8-10-19(11-9-18)17(22)14-5-2-1-3-6-14/h1-7,12H,8-11,13H2,(H,20,21). The van der Waals surface area contributed by atoms with Gasteiger partial charge in [0, 0.05) is 23.4 Å². The van der Waals surface area contributed by atoms with Crippen LogP contribution in [0, 0.1) is 0 Å². The zero-order chi connectivity index (χ0) is 17.0. The summed E-state index contributed by atoms with van der Waals surface area (Å²) in [4.78, 5) is 25.7. The molecule has 1 amide bonds. The lowest BCUT2D eigenvalue weighted by Gasteiger charge is -2.40. The van der Waals surface area contributed by atoms with E-state index in [1.54, 1.807) is 23.1 Å². The first-order valence-corrected chi connectivity index (χ1v) is 9.56. The molecule has 4 nitrogen and oxygen atoms in total. The minimum Gasteiger partial charge on any atom is -0.481 e. The average molecular weight is 361 g/mol. The van der Waals surface area contributed by atoms with Crippen molar-refractivity contribution in [2.45, 2.75) is 28.2 Å². The molecule has 0 bridgehead atoms. The van der Waals surface area contributed by atoms with Gasteiger partial charge in [-0.05, 0) is 36.4 Å². The molecule has 0 unspecified atom stereocenters. The highest BCUT2D eigenvalue weighted by Crippen LogP contribution is 2.45. The molecule has 0 aliphatic carbocycles. The second-order valence-electron chi connectivity index (χ2n) is 5.95. The van der Waals surface area contributed by atoms with Crippen molar-refractivity contribution in [3.8, 4) is 0 Å². The molecule has 126 valence electrons. The van der Waals surface area contributed by atoms with Gasteiger partial charge in [0.15, 0.2) is 0 Å². The van der Waals surface area contributed by atoms with Crippen molar-refractivity contribution >= 4 is 35.0 Å². The highest BCUT2D eigenvalue weighted by molar-refractivity contribution is 8.02. The summed E-state index contributed by atoms with van der Waals surface area (Å²) < 4.78 is 0.809. The second kappa shape index (κ2) is 7.40. The number of thiophene rings is 1. The number of carboxylic acid groups (broad SMARTS) is 1. The molecule has 0 atom stereocenters. The summed E-state index contributed by atoms with van der Waals surface area (Å²) in [5, 5.41) is 11.3. The molecular formula is C18H19NO3S2. The van der Waals surface area contributed by atoms with Gasteiger partial charge >= 0.3 is 5.97 Å². The van der Waals surface area contributed by atoms with E-state index in [1.807, 2.05) is 52.7 Å². The first-order valence-electron chi connectivity index (χ1n) is 7.87. The third-order valence-electron chi connectivity index (χ3n) is 4.27. The summed E-state index contributed by atoms with van der Waals surface area (Å²) in [6.45, 7) is 1.19. The van der Waals surface area contributed by atoms with Crippen LogP contribution in [0.1, 0.15) is 29.6 Å². The van der Waals surface area contributed by atoms with Crippen LogP contribution >= 0.6 is 23.1 Å². The second-order valence-corrected chi connectivity index (χ2v) is 8.66. The van der Waals surface area contributed by atoms with E-state index in [4.69, 9.17) is 0 Å². The molecule has 1 N–H and O–H groups in total. The van der Waals surface area contributed by atoms with Crippen molar-refractivity contribution in [2.75, 3.05) is 13.1 Å². The van der Waals surface area contributed by atoms with E-state index in [-0.39, 0.29) is 17.1 Å². The van der Waals surface area contributed by atoms with Gasteiger partial charge in [-0.3, -0.25) is 9.59 Å². The van der Waals surface area contributed by atoms with Crippen LogP contribution in [0.25, 0.3) is 0 Å². The lowest BCUT2D eigenvalue weighted by molar-refractivity contribution is -0.137. The van der Waals surface area contributed by atoms with Crippen LogP contribution in [0.5, 0.6) is 0 Å². The number of hydrogen-bond acceptors (Lipinski definition) is 4. The Morgan fingerprint density at radius 2 is 1.83 bits per heavy atom. The lowest BCUT2D eigenvalue weighted by atomic mass is 9.92. The predicted octanol–water partition coefficient (Wildman–Crippen LogP) is 3.99. The molecule has 1 aliphatic heterocycles. The number of amides is 1. The summed E-state index contributed by atoms with van der Waals surface area (Å²) in [7, 11) is 0. The van der Waals surface area contributed by atoms with Crippen molar-refractivity contribution in [1.29, 1.82) is 0 Å². The fourth-order valence-corrected chi connectivity index (χ4v) is 5.50. The Kier molecular flexibility index (Phi) is 5.26. The summed E-state index contributed by atoms with van der Waals surface area (Å²) in [6, 6.07) is 13.3. The fraction of sp³-hybridized carbons (Fsp3) is 0.333. The van der Waals surface area contributed by atoms with Crippen molar-refractivity contribution in [2.24, 2.45) is 0 Å². The topological polar surface area (TPSA) is 57.6 Å². The molecular weight excluding hydrogens is 342 g/mol. The first kappa shape index (κ1) is 17.0. The molecule has 1 saturated heterocycles. The number of hydrogen-bond donors (Lipinski definition) is 1. The molecule has 2 aromatic rings. The fourth-order valence-electron chi connectivity index (χ4n) is 3.01. The van der Waals surface area contributed by atoms with Crippen LogP contribution in [-0.4, -0.2) is 39.7 Å². The van der Waals surface area contributed by atoms with Crippen molar-refractivity contribution < 1.29 is 14.7 Å². The number of carbonyl (C=O) groups excluding carboxylic acids is 1. The van der Waals surface area contributed by atoms with Crippen molar-refractivity contribution in [3.05, 3.63) is 53.4 Å². The van der Waals surface area contributed by atoms with Gasteiger partial charge in [-0.25, -0.2) is 0 Å². The first-order chi connectivity index (χ1) is 11.6. The van der Waals surface area contributed by atoms with Gasteiger partial charge in [-0.2, -0.15) is 0 Å². The Labute approximate surface area is 149 Å². The number of benzene rings is 1. The van der Waals surface area contributed by atoms with Gasteiger partial charge in [0.25, 0.3) is 5.91 Å². The zero-order valence-electron chi connectivity index (χ0n) is 13.2. The zero-order valence-corrected chi connectivity index (χ0v) is 14.8. The van der Waals surface area contributed by atoms with Crippen LogP contribution in [0.3, 0.4) is 0 Å². The average Bonchev–Trinajstić information content (AvgIpc) is 3.08. The molecule has 0 spiro atoms. The quantitative estimate of drug-likeness (QED) is 0.875. The number of aliphatic carboxylic acids is 1. The molecule has 1 fully saturated rings. The highest BCUT2D eigenvalue weighted by Gasteiger charge is 2.39. The molecule has 3 rings (SSSR count). The van der Waals surface area contributed by atoms with Crippen molar-refractivity contribution in [3.63, 3.8) is 0 Å². The van der Waals surface area contributed by atoms with Gasteiger partial charge in [-0.15, -0.1) is 23.1 Å². The van der Waals surface area contributed by atoms with Crippen LogP contribution in [0.2, 0.25) is 0 Å². The molecule has 6 heteroatoms. The van der Waals surface area contributed by atoms with E-state index in [0.717, 1.165) is 4.21 Å². The Bertz CT molecular complexity index is 692. The maximum atomic E-state index is 12.6. The summed E-state index contributed by atoms with van der Waals surface area (Å²) >= 11 is 3.29. The minimum absolute atomic E-state index is 0.0284. The molecule has 1 aliphatic rings. The van der Waals surface area contributed by atoms with Gasteiger partial charge in [0.1, 0.15) is 0 Å². The number of piperidine rings is 1. The molecule has 1 aromatic heterocycles. The molecule has 1 aromatic carbocycles. The Morgan fingerprint density at radius 1 is 1.12 bits per heavy atom. The van der Waals surface area contributed by atoms with E-state index in [0.29, 0.717) is 31.5 Å². The number of carbonyl (C=O) groups is 2. The molecule has 0 radical (unpaired) electrons. The summed E-state index contributed by atoms with van der Waals surface area (Å²) in [5.41, 5.74) is 0.689. The van der Waals surface area contributed by atoms with Crippen LogP contribution < -0.4 is 0 Å². The maximum Gasteiger partial charge on any atom is 0.304 e. The maximum absolute atomic E-state index is 12.6. The third kappa shape index (κ3) is 3.99. The molecule has 24 heavy (non-hydrogen) atoms. The Morgan fingerprint density at radius 3 is 2.42 bits per heavy atom. The molecule has 2 heterocycles. The largest absolute Gasteiger partial charge is 0.481 e. The number of likely N-dealkylation sites (tertiary alicyclic amines) is 1. The van der Waals surface area contributed by atoms with E-state index in [1.165, 1.54) is 0 Å². The number of rotatable bonds is 5. The van der Waals surface area contributed by atoms with E-state index >= 15 is 0 Å². The number of nitrogens with zero attached hydrogens (tertiary/aromatic N) is 1. The highest BCUT2D eigenvalue weighted by atomic mass is 32.2. The van der Waals surface area contributed by atoms with Gasteiger partial charge in [-0.1, -0.05) is 24.3 Å². The van der Waals surface area contributed by atoms with Gasteiger partial charge < -0.3 is 10.0 Å². The van der Waals surface area contributed by atoms with E-state index in [9.17, 15) is 14.7 Å². The number of carboxylic acids is 1.